The first-order valence-corrected chi connectivity index (χ1v) is 8.31. The summed E-state index contributed by atoms with van der Waals surface area (Å²) in [4.78, 5) is 16.8. The number of aliphatic imine (C=N–C) groups is 1. The zero-order valence-electron chi connectivity index (χ0n) is 14.0. The summed E-state index contributed by atoms with van der Waals surface area (Å²) in [6.07, 6.45) is 2.59. The van der Waals surface area contributed by atoms with Crippen LogP contribution < -0.4 is 0 Å². The second kappa shape index (κ2) is 5.80. The fraction of sp³-hybridized carbons (Fsp3) is 0.400. The van der Waals surface area contributed by atoms with Gasteiger partial charge in [-0.3, -0.25) is 9.79 Å². The van der Waals surface area contributed by atoms with Crippen LogP contribution >= 0.6 is 0 Å². The summed E-state index contributed by atoms with van der Waals surface area (Å²) < 4.78 is 0. The fourth-order valence-corrected chi connectivity index (χ4v) is 3.87. The summed E-state index contributed by atoms with van der Waals surface area (Å²) in [5.41, 5.74) is 2.37. The first-order valence-electron chi connectivity index (χ1n) is 8.31. The largest absolute Gasteiger partial charge is 0.481 e. The van der Waals surface area contributed by atoms with Crippen molar-refractivity contribution in [3.05, 3.63) is 42.0 Å². The van der Waals surface area contributed by atoms with Crippen molar-refractivity contribution in [3.8, 4) is 0 Å². The highest BCUT2D eigenvalue weighted by molar-refractivity contribution is 6.08. The molecule has 1 N–H and O–H groups in total. The molecule has 23 heavy (non-hydrogen) atoms. The van der Waals surface area contributed by atoms with Crippen LogP contribution in [0.1, 0.15) is 45.6 Å². The van der Waals surface area contributed by atoms with E-state index in [0.29, 0.717) is 6.42 Å². The predicted octanol–water partition coefficient (Wildman–Crippen LogP) is 5.09. The van der Waals surface area contributed by atoms with Gasteiger partial charge >= 0.3 is 5.97 Å². The van der Waals surface area contributed by atoms with E-state index in [1.807, 2.05) is 25.1 Å². The van der Waals surface area contributed by atoms with Gasteiger partial charge in [-0.1, -0.05) is 50.1 Å². The van der Waals surface area contributed by atoms with Crippen LogP contribution in [0.3, 0.4) is 0 Å². The second-order valence-corrected chi connectivity index (χ2v) is 6.61. The van der Waals surface area contributed by atoms with E-state index in [1.165, 1.54) is 0 Å². The van der Waals surface area contributed by atoms with Gasteiger partial charge in [0.2, 0.25) is 0 Å². The molecule has 3 rings (SSSR count). The summed E-state index contributed by atoms with van der Waals surface area (Å²) in [6, 6.07) is 12.3. The van der Waals surface area contributed by atoms with E-state index >= 15 is 0 Å². The SMILES string of the molecule is CCCCC(C(=O)O)C1(C)C(C)=Nc2ccc3ccccc3c21. The van der Waals surface area contributed by atoms with E-state index in [9.17, 15) is 9.90 Å². The van der Waals surface area contributed by atoms with E-state index in [1.54, 1.807) is 0 Å². The van der Waals surface area contributed by atoms with Crippen molar-refractivity contribution in [2.24, 2.45) is 10.9 Å². The molecule has 3 heteroatoms. The van der Waals surface area contributed by atoms with Crippen molar-refractivity contribution in [3.63, 3.8) is 0 Å². The number of hydrogen-bond donors (Lipinski definition) is 1. The molecule has 0 bridgehead atoms. The molecule has 2 aromatic rings. The Labute approximate surface area is 137 Å². The molecule has 1 heterocycles. The standard InChI is InChI=1S/C20H23NO2/c1-4-5-10-16(19(22)23)20(3)13(2)21-17-12-11-14-8-6-7-9-15(14)18(17)20/h6-9,11-12,16H,4-5,10H2,1-3H3,(H,22,23). The Morgan fingerprint density at radius 1 is 1.26 bits per heavy atom. The number of fused-ring (bicyclic) bond motifs is 3. The van der Waals surface area contributed by atoms with Gasteiger partial charge in [0.25, 0.3) is 0 Å². The third-order valence-electron chi connectivity index (χ3n) is 5.31. The zero-order valence-corrected chi connectivity index (χ0v) is 14.0. The minimum Gasteiger partial charge on any atom is -0.481 e. The molecular weight excluding hydrogens is 286 g/mol. The van der Waals surface area contributed by atoms with Crippen LogP contribution in [0.5, 0.6) is 0 Å². The average molecular weight is 309 g/mol. The average Bonchev–Trinajstić information content (AvgIpc) is 2.79. The maximum absolute atomic E-state index is 12.0. The van der Waals surface area contributed by atoms with Gasteiger partial charge in [-0.05, 0) is 42.7 Å². The zero-order chi connectivity index (χ0) is 16.6. The van der Waals surface area contributed by atoms with Gasteiger partial charge in [0, 0.05) is 11.1 Å². The number of carbonyl (C=O) groups is 1. The molecule has 1 aliphatic heterocycles. The summed E-state index contributed by atoms with van der Waals surface area (Å²) >= 11 is 0. The van der Waals surface area contributed by atoms with Gasteiger partial charge in [-0.15, -0.1) is 0 Å². The summed E-state index contributed by atoms with van der Waals surface area (Å²) in [5, 5.41) is 12.1. The van der Waals surface area contributed by atoms with Gasteiger partial charge in [0.05, 0.1) is 11.6 Å². The molecule has 3 nitrogen and oxygen atoms in total. The quantitative estimate of drug-likeness (QED) is 0.836. The Hall–Kier alpha value is -2.16. The number of benzene rings is 2. The minimum atomic E-state index is -0.726. The molecule has 0 aliphatic carbocycles. The number of rotatable bonds is 5. The molecule has 2 unspecified atom stereocenters. The molecule has 2 aromatic carbocycles. The Morgan fingerprint density at radius 3 is 2.70 bits per heavy atom. The lowest BCUT2D eigenvalue weighted by molar-refractivity contribution is -0.143. The maximum atomic E-state index is 12.0. The van der Waals surface area contributed by atoms with Crippen molar-refractivity contribution in [2.75, 3.05) is 0 Å². The highest BCUT2D eigenvalue weighted by Crippen LogP contribution is 2.49. The highest BCUT2D eigenvalue weighted by Gasteiger charge is 2.47. The molecule has 0 saturated heterocycles. The van der Waals surface area contributed by atoms with Crippen LogP contribution in [-0.4, -0.2) is 16.8 Å². The number of carboxylic acid groups (broad SMARTS) is 1. The third-order valence-corrected chi connectivity index (χ3v) is 5.31. The summed E-state index contributed by atoms with van der Waals surface area (Å²) in [6.45, 7) is 6.12. The Kier molecular flexibility index (Phi) is 3.97. The van der Waals surface area contributed by atoms with Gasteiger partial charge in [-0.25, -0.2) is 0 Å². The molecule has 1 aliphatic rings. The minimum absolute atomic E-state index is 0.446. The predicted molar refractivity (Wildman–Crippen MR) is 94.7 cm³/mol. The lowest BCUT2D eigenvalue weighted by Crippen LogP contribution is -2.41. The first kappa shape index (κ1) is 15.7. The number of unbranched alkanes of at least 4 members (excludes halogenated alkanes) is 1. The lowest BCUT2D eigenvalue weighted by Gasteiger charge is -2.33. The molecule has 0 spiro atoms. The smallest absolute Gasteiger partial charge is 0.307 e. The Morgan fingerprint density at radius 2 is 2.00 bits per heavy atom. The Balaban J connectivity index is 2.23. The van der Waals surface area contributed by atoms with E-state index in [-0.39, 0.29) is 0 Å². The van der Waals surface area contributed by atoms with Crippen LogP contribution in [0.4, 0.5) is 5.69 Å². The maximum Gasteiger partial charge on any atom is 0.307 e. The van der Waals surface area contributed by atoms with Crippen LogP contribution in [0.25, 0.3) is 10.8 Å². The number of carboxylic acids is 1. The third kappa shape index (κ3) is 2.35. The molecule has 0 aromatic heterocycles. The van der Waals surface area contributed by atoms with Crippen LogP contribution in [0.15, 0.2) is 41.4 Å². The van der Waals surface area contributed by atoms with Crippen molar-refractivity contribution < 1.29 is 9.90 Å². The molecule has 0 saturated carbocycles. The molecular formula is C20H23NO2. The highest BCUT2D eigenvalue weighted by atomic mass is 16.4. The van der Waals surface area contributed by atoms with Crippen LogP contribution in [0, 0.1) is 5.92 Å². The monoisotopic (exact) mass is 309 g/mol. The van der Waals surface area contributed by atoms with E-state index in [0.717, 1.165) is 40.6 Å². The molecule has 0 fully saturated rings. The van der Waals surface area contributed by atoms with Crippen LogP contribution in [0.2, 0.25) is 0 Å². The van der Waals surface area contributed by atoms with Gasteiger partial charge in [0.15, 0.2) is 0 Å². The van der Waals surface area contributed by atoms with Gasteiger partial charge < -0.3 is 5.11 Å². The van der Waals surface area contributed by atoms with Crippen molar-refractivity contribution in [2.45, 2.75) is 45.4 Å². The van der Waals surface area contributed by atoms with E-state index < -0.39 is 17.3 Å². The fourth-order valence-electron chi connectivity index (χ4n) is 3.87. The Bertz CT molecular complexity index is 793. The topological polar surface area (TPSA) is 49.7 Å². The molecule has 120 valence electrons. The van der Waals surface area contributed by atoms with Crippen molar-refractivity contribution >= 4 is 28.1 Å². The number of aliphatic carboxylic acids is 1. The second-order valence-electron chi connectivity index (χ2n) is 6.61. The van der Waals surface area contributed by atoms with E-state index in [2.05, 4.69) is 32.0 Å². The molecule has 0 amide bonds. The van der Waals surface area contributed by atoms with Crippen LogP contribution in [-0.2, 0) is 10.2 Å². The van der Waals surface area contributed by atoms with E-state index in [4.69, 9.17) is 4.99 Å². The van der Waals surface area contributed by atoms with Crippen molar-refractivity contribution in [1.82, 2.24) is 0 Å². The molecule has 2 atom stereocenters. The number of nitrogens with zero attached hydrogens (tertiary/aromatic N) is 1. The summed E-state index contributed by atoms with van der Waals surface area (Å²) in [5.74, 6) is -1.17. The number of hydrogen-bond acceptors (Lipinski definition) is 2. The van der Waals surface area contributed by atoms with Crippen molar-refractivity contribution in [1.29, 1.82) is 0 Å². The van der Waals surface area contributed by atoms with Gasteiger partial charge in [-0.2, -0.15) is 0 Å². The lowest BCUT2D eigenvalue weighted by atomic mass is 9.67. The molecule has 0 radical (unpaired) electrons. The van der Waals surface area contributed by atoms with Gasteiger partial charge in [0.1, 0.15) is 0 Å². The first-order chi connectivity index (χ1) is 11.0. The normalized spacial score (nSPS) is 21.1. The summed E-state index contributed by atoms with van der Waals surface area (Å²) in [7, 11) is 0.